The Morgan fingerprint density at radius 2 is 1.74 bits per heavy atom. The lowest BCUT2D eigenvalue weighted by molar-refractivity contribution is 0.220. The molecule has 2 heteroatoms. The molecule has 0 unspecified atom stereocenters. The van der Waals surface area contributed by atoms with Crippen LogP contribution in [0.2, 0.25) is 0 Å². The van der Waals surface area contributed by atoms with Crippen molar-refractivity contribution in [1.29, 1.82) is 0 Å². The lowest BCUT2D eigenvalue weighted by Gasteiger charge is -2.07. The Labute approximate surface area is 143 Å². The molecule has 0 atom stereocenters. The van der Waals surface area contributed by atoms with Gasteiger partial charge in [-0.1, -0.05) is 63.4 Å². The van der Waals surface area contributed by atoms with E-state index in [1.54, 1.807) is 0 Å². The van der Waals surface area contributed by atoms with Crippen molar-refractivity contribution in [3.8, 4) is 0 Å². The molecule has 1 aromatic rings. The molecule has 0 saturated heterocycles. The molecule has 1 rings (SSSR count). The van der Waals surface area contributed by atoms with Gasteiger partial charge in [0.2, 0.25) is 0 Å². The normalized spacial score (nSPS) is 10.4. The van der Waals surface area contributed by atoms with E-state index in [0.29, 0.717) is 0 Å². The number of rotatable bonds is 7. The van der Waals surface area contributed by atoms with Gasteiger partial charge in [0.05, 0.1) is 6.61 Å². The fourth-order valence-corrected chi connectivity index (χ4v) is 1.60. The molecule has 0 fully saturated rings. The highest BCUT2D eigenvalue weighted by atomic mass is 16.5. The van der Waals surface area contributed by atoms with E-state index in [1.807, 2.05) is 52.0 Å². The summed E-state index contributed by atoms with van der Waals surface area (Å²) in [7, 11) is 0. The SMILES string of the molecule is C=C/C(C)=C\C(=C/C)OCCCc1ccccc1.C=CN.CC. The van der Waals surface area contributed by atoms with Gasteiger partial charge in [0.25, 0.3) is 0 Å². The molecule has 128 valence electrons. The number of hydrogen-bond acceptors (Lipinski definition) is 2. The van der Waals surface area contributed by atoms with E-state index in [9.17, 15) is 0 Å². The van der Waals surface area contributed by atoms with Crippen LogP contribution in [0.4, 0.5) is 0 Å². The quantitative estimate of drug-likeness (QED) is 0.393. The molecule has 0 bridgehead atoms. The van der Waals surface area contributed by atoms with Gasteiger partial charge in [-0.3, -0.25) is 0 Å². The highest BCUT2D eigenvalue weighted by molar-refractivity contribution is 5.23. The molecule has 0 saturated carbocycles. The first kappa shape index (κ1) is 23.1. The van der Waals surface area contributed by atoms with Crippen LogP contribution in [0.1, 0.15) is 39.7 Å². The highest BCUT2D eigenvalue weighted by Crippen LogP contribution is 2.07. The van der Waals surface area contributed by atoms with E-state index in [0.717, 1.165) is 30.8 Å². The fourth-order valence-electron chi connectivity index (χ4n) is 1.60. The fraction of sp³-hybridized carbons (Fsp3) is 0.333. The molecule has 0 amide bonds. The predicted octanol–water partition coefficient (Wildman–Crippen LogP) is 5.79. The second-order valence-electron chi connectivity index (χ2n) is 4.46. The van der Waals surface area contributed by atoms with Crippen molar-refractivity contribution >= 4 is 0 Å². The zero-order valence-electron chi connectivity index (χ0n) is 15.2. The molecule has 0 aromatic heterocycles. The van der Waals surface area contributed by atoms with Crippen molar-refractivity contribution in [1.82, 2.24) is 0 Å². The van der Waals surface area contributed by atoms with Crippen molar-refractivity contribution in [2.45, 2.75) is 40.5 Å². The molecule has 23 heavy (non-hydrogen) atoms. The second kappa shape index (κ2) is 17.8. The minimum Gasteiger partial charge on any atom is -0.494 e. The van der Waals surface area contributed by atoms with E-state index >= 15 is 0 Å². The van der Waals surface area contributed by atoms with Crippen LogP contribution in [0, 0.1) is 0 Å². The van der Waals surface area contributed by atoms with Crippen molar-refractivity contribution in [3.05, 3.63) is 84.8 Å². The van der Waals surface area contributed by atoms with Crippen LogP contribution in [0.15, 0.2) is 79.2 Å². The van der Waals surface area contributed by atoms with Crippen LogP contribution in [-0.4, -0.2) is 6.61 Å². The Hall–Kier alpha value is -2.22. The van der Waals surface area contributed by atoms with Crippen LogP contribution in [-0.2, 0) is 11.2 Å². The van der Waals surface area contributed by atoms with Gasteiger partial charge >= 0.3 is 0 Å². The summed E-state index contributed by atoms with van der Waals surface area (Å²) in [6.07, 6.45) is 9.16. The van der Waals surface area contributed by atoms with Crippen LogP contribution >= 0.6 is 0 Å². The summed E-state index contributed by atoms with van der Waals surface area (Å²) in [5.74, 6) is 0.917. The van der Waals surface area contributed by atoms with Crippen molar-refractivity contribution in [2.24, 2.45) is 5.73 Å². The maximum Gasteiger partial charge on any atom is 0.115 e. The molecule has 0 aliphatic rings. The first-order chi connectivity index (χ1) is 11.2. The monoisotopic (exact) mass is 315 g/mol. The Balaban J connectivity index is 0. The van der Waals surface area contributed by atoms with Gasteiger partial charge in [-0.05, 0) is 56.2 Å². The maximum atomic E-state index is 5.72. The third-order valence-electron chi connectivity index (χ3n) is 2.70. The molecule has 0 spiro atoms. The summed E-state index contributed by atoms with van der Waals surface area (Å²) in [4.78, 5) is 0. The Morgan fingerprint density at radius 3 is 2.22 bits per heavy atom. The van der Waals surface area contributed by atoms with Crippen LogP contribution < -0.4 is 5.73 Å². The smallest absolute Gasteiger partial charge is 0.115 e. The minimum absolute atomic E-state index is 0.746. The number of allylic oxidation sites excluding steroid dienone is 4. The average Bonchev–Trinajstić information content (AvgIpc) is 2.60. The zero-order valence-corrected chi connectivity index (χ0v) is 15.2. The van der Waals surface area contributed by atoms with Gasteiger partial charge in [0.1, 0.15) is 5.76 Å². The minimum atomic E-state index is 0.746. The molecule has 0 heterocycles. The topological polar surface area (TPSA) is 35.2 Å². The molecule has 0 radical (unpaired) electrons. The second-order valence-corrected chi connectivity index (χ2v) is 4.46. The Bertz CT molecular complexity index is 458. The first-order valence-corrected chi connectivity index (χ1v) is 8.14. The summed E-state index contributed by atoms with van der Waals surface area (Å²) in [6.45, 7) is 15.6. The number of benzene rings is 1. The molecule has 1 aromatic carbocycles. The molecule has 2 nitrogen and oxygen atoms in total. The van der Waals surface area contributed by atoms with Gasteiger partial charge < -0.3 is 10.5 Å². The van der Waals surface area contributed by atoms with Gasteiger partial charge in [0, 0.05) is 0 Å². The Morgan fingerprint density at radius 1 is 1.17 bits per heavy atom. The van der Waals surface area contributed by atoms with Gasteiger partial charge in [-0.15, -0.1) is 0 Å². The standard InChI is InChI=1S/C17H22O.C2H5N.C2H6/c1-4-15(3)14-17(5-2)18-13-9-12-16-10-7-6-8-11-16;1-2-3;1-2/h4-8,10-11,14H,1,9,12-13H2,2-3H3;2H,1,3H2;1-2H3/b15-14-,17-5+;;. The van der Waals surface area contributed by atoms with Crippen LogP contribution in [0.25, 0.3) is 0 Å². The van der Waals surface area contributed by atoms with E-state index < -0.39 is 0 Å². The lowest BCUT2D eigenvalue weighted by Crippen LogP contribution is -1.96. The largest absolute Gasteiger partial charge is 0.494 e. The van der Waals surface area contributed by atoms with E-state index in [1.165, 1.54) is 11.8 Å². The van der Waals surface area contributed by atoms with Gasteiger partial charge in [-0.25, -0.2) is 0 Å². The van der Waals surface area contributed by atoms with Crippen LogP contribution in [0.5, 0.6) is 0 Å². The number of hydrogen-bond donors (Lipinski definition) is 1. The zero-order chi connectivity index (χ0) is 17.9. The molecule has 0 aliphatic carbocycles. The van der Waals surface area contributed by atoms with Crippen molar-refractivity contribution < 1.29 is 4.74 Å². The summed E-state index contributed by atoms with van der Waals surface area (Å²) in [5.41, 5.74) is 7.09. The lowest BCUT2D eigenvalue weighted by atomic mass is 10.1. The summed E-state index contributed by atoms with van der Waals surface area (Å²) < 4.78 is 5.72. The highest BCUT2D eigenvalue weighted by Gasteiger charge is 1.95. The Kier molecular flexibility index (Phi) is 17.9. The molecular weight excluding hydrogens is 282 g/mol. The molecular formula is C21H33NO. The summed E-state index contributed by atoms with van der Waals surface area (Å²) in [6, 6.07) is 10.5. The van der Waals surface area contributed by atoms with Crippen molar-refractivity contribution in [2.75, 3.05) is 6.61 Å². The molecule has 0 aliphatic heterocycles. The van der Waals surface area contributed by atoms with Crippen LogP contribution in [0.3, 0.4) is 0 Å². The number of nitrogens with two attached hydrogens (primary N) is 1. The van der Waals surface area contributed by atoms with Gasteiger partial charge in [-0.2, -0.15) is 0 Å². The van der Waals surface area contributed by atoms with Crippen molar-refractivity contribution in [3.63, 3.8) is 0 Å². The number of aryl methyl sites for hydroxylation is 1. The maximum absolute atomic E-state index is 5.72. The van der Waals surface area contributed by atoms with E-state index in [-0.39, 0.29) is 0 Å². The summed E-state index contributed by atoms with van der Waals surface area (Å²) >= 11 is 0. The summed E-state index contributed by atoms with van der Waals surface area (Å²) in [5, 5.41) is 0. The third kappa shape index (κ3) is 14.5. The number of ether oxygens (including phenoxy) is 1. The van der Waals surface area contributed by atoms with Gasteiger partial charge in [0.15, 0.2) is 0 Å². The van der Waals surface area contributed by atoms with E-state index in [2.05, 4.69) is 43.2 Å². The predicted molar refractivity (Wildman–Crippen MR) is 104 cm³/mol. The first-order valence-electron chi connectivity index (χ1n) is 8.14. The van der Waals surface area contributed by atoms with E-state index in [4.69, 9.17) is 4.74 Å². The average molecular weight is 316 g/mol. The third-order valence-corrected chi connectivity index (χ3v) is 2.70. The molecule has 2 N–H and O–H groups in total.